The van der Waals surface area contributed by atoms with Crippen molar-refractivity contribution in [2.24, 2.45) is 0 Å². The molecule has 0 radical (unpaired) electrons. The van der Waals surface area contributed by atoms with Gasteiger partial charge in [0.15, 0.2) is 6.61 Å². The lowest BCUT2D eigenvalue weighted by Crippen LogP contribution is -2.32. The van der Waals surface area contributed by atoms with Crippen molar-refractivity contribution in [1.82, 2.24) is 5.32 Å². The zero-order valence-electron chi connectivity index (χ0n) is 15.2. The number of aliphatic hydroxyl groups excluding tert-OH is 1. The third-order valence-corrected chi connectivity index (χ3v) is 4.19. The van der Waals surface area contributed by atoms with Crippen LogP contribution >= 0.6 is 0 Å². The Hall–Kier alpha value is -3.12. The van der Waals surface area contributed by atoms with Gasteiger partial charge in [0.1, 0.15) is 11.3 Å². The van der Waals surface area contributed by atoms with Crippen molar-refractivity contribution in [3.63, 3.8) is 0 Å². The predicted molar refractivity (Wildman–Crippen MR) is 102 cm³/mol. The van der Waals surface area contributed by atoms with Gasteiger partial charge in [0.05, 0.1) is 11.5 Å². The Morgan fingerprint density at radius 1 is 1.19 bits per heavy atom. The second-order valence-corrected chi connectivity index (χ2v) is 6.40. The average molecular weight is 367 g/mol. The second-order valence-electron chi connectivity index (χ2n) is 6.40. The lowest BCUT2D eigenvalue weighted by molar-refractivity contribution is -0.123. The average Bonchev–Trinajstić information content (AvgIpc) is 2.64. The van der Waals surface area contributed by atoms with Crippen molar-refractivity contribution >= 4 is 16.9 Å². The molecule has 3 rings (SSSR count). The summed E-state index contributed by atoms with van der Waals surface area (Å²) in [6.07, 6.45) is -0.786. The topological polar surface area (TPSA) is 88.8 Å². The molecule has 2 aromatic carbocycles. The van der Waals surface area contributed by atoms with Crippen molar-refractivity contribution in [1.29, 1.82) is 0 Å². The number of aryl methyl sites for hydroxylation is 2. The number of aliphatic hydroxyl groups is 1. The molecule has 1 amide bonds. The highest BCUT2D eigenvalue weighted by Gasteiger charge is 2.13. The van der Waals surface area contributed by atoms with E-state index in [1.54, 1.807) is 31.2 Å². The van der Waals surface area contributed by atoms with Crippen molar-refractivity contribution in [3.8, 4) is 5.75 Å². The summed E-state index contributed by atoms with van der Waals surface area (Å²) in [5.41, 5.74) is 2.30. The Bertz CT molecular complexity index is 1010. The quantitative estimate of drug-likeness (QED) is 0.654. The van der Waals surface area contributed by atoms with Gasteiger partial charge < -0.3 is 19.6 Å². The first-order valence-electron chi connectivity index (χ1n) is 8.61. The van der Waals surface area contributed by atoms with Gasteiger partial charge >= 0.3 is 5.63 Å². The lowest BCUT2D eigenvalue weighted by atomic mass is 10.1. The van der Waals surface area contributed by atoms with Crippen molar-refractivity contribution in [2.45, 2.75) is 20.0 Å². The summed E-state index contributed by atoms with van der Waals surface area (Å²) in [5.74, 6) is 0.125. The molecule has 0 aliphatic rings. The highest BCUT2D eigenvalue weighted by atomic mass is 16.5. The van der Waals surface area contributed by atoms with Crippen LogP contribution in [0.4, 0.5) is 0 Å². The minimum Gasteiger partial charge on any atom is -0.483 e. The minimum atomic E-state index is -0.786. The van der Waals surface area contributed by atoms with E-state index in [9.17, 15) is 14.7 Å². The molecule has 6 heteroatoms. The largest absolute Gasteiger partial charge is 0.483 e. The van der Waals surface area contributed by atoms with Gasteiger partial charge in [-0.15, -0.1) is 0 Å². The number of hydrogen-bond donors (Lipinski definition) is 2. The highest BCUT2D eigenvalue weighted by molar-refractivity contribution is 5.88. The van der Waals surface area contributed by atoms with E-state index >= 15 is 0 Å². The number of carbonyl (C=O) groups is 1. The summed E-state index contributed by atoms with van der Waals surface area (Å²) in [6.45, 7) is 3.52. The number of benzene rings is 2. The molecule has 0 aliphatic heterocycles. The molecule has 27 heavy (non-hydrogen) atoms. The molecular weight excluding hydrogens is 346 g/mol. The first kappa shape index (κ1) is 18.7. The van der Waals surface area contributed by atoms with Gasteiger partial charge in [0, 0.05) is 12.6 Å². The Morgan fingerprint density at radius 2 is 1.93 bits per heavy atom. The van der Waals surface area contributed by atoms with E-state index in [1.165, 1.54) is 6.07 Å². The lowest BCUT2D eigenvalue weighted by Gasteiger charge is -2.14. The van der Waals surface area contributed by atoms with Gasteiger partial charge in [0.25, 0.3) is 5.91 Å². The van der Waals surface area contributed by atoms with Crippen LogP contribution in [0.15, 0.2) is 57.7 Å². The molecule has 0 saturated carbocycles. The molecule has 1 heterocycles. The molecule has 0 bridgehead atoms. The normalized spacial score (nSPS) is 12.0. The molecule has 3 aromatic rings. The Kier molecular flexibility index (Phi) is 5.57. The van der Waals surface area contributed by atoms with Crippen LogP contribution in [0.1, 0.15) is 22.8 Å². The van der Waals surface area contributed by atoms with Gasteiger partial charge in [-0.1, -0.05) is 30.3 Å². The van der Waals surface area contributed by atoms with E-state index in [0.717, 1.165) is 16.7 Å². The number of ether oxygens (including phenoxy) is 1. The second kappa shape index (κ2) is 8.05. The third-order valence-electron chi connectivity index (χ3n) is 4.19. The maximum Gasteiger partial charge on any atom is 0.336 e. The molecule has 2 N–H and O–H groups in total. The summed E-state index contributed by atoms with van der Waals surface area (Å²) in [7, 11) is 0. The summed E-state index contributed by atoms with van der Waals surface area (Å²) in [6, 6.07) is 14.0. The molecule has 140 valence electrons. The highest BCUT2D eigenvalue weighted by Crippen LogP contribution is 2.29. The molecule has 1 atom stereocenters. The van der Waals surface area contributed by atoms with Crippen LogP contribution in [-0.4, -0.2) is 24.2 Å². The number of carbonyl (C=O) groups excluding carboxylic acids is 1. The molecule has 0 spiro atoms. The SMILES string of the molecule is Cc1cc(OCC(=O)NC[C@H](O)c2ccccc2)c2c(C)cc(=O)oc2c1. The van der Waals surface area contributed by atoms with E-state index in [-0.39, 0.29) is 19.1 Å². The van der Waals surface area contributed by atoms with Gasteiger partial charge in [-0.2, -0.15) is 0 Å². The van der Waals surface area contributed by atoms with Gasteiger partial charge in [-0.25, -0.2) is 4.79 Å². The first-order valence-corrected chi connectivity index (χ1v) is 8.61. The van der Waals surface area contributed by atoms with Gasteiger partial charge in [-0.3, -0.25) is 4.79 Å². The summed E-state index contributed by atoms with van der Waals surface area (Å²) in [5, 5.41) is 13.4. The summed E-state index contributed by atoms with van der Waals surface area (Å²) in [4.78, 5) is 23.7. The number of hydrogen-bond acceptors (Lipinski definition) is 5. The van der Waals surface area contributed by atoms with E-state index in [0.29, 0.717) is 16.7 Å². The fourth-order valence-electron chi connectivity index (χ4n) is 2.89. The minimum absolute atomic E-state index is 0.0919. The third kappa shape index (κ3) is 4.54. The monoisotopic (exact) mass is 367 g/mol. The van der Waals surface area contributed by atoms with Gasteiger partial charge in [0.2, 0.25) is 0 Å². The van der Waals surface area contributed by atoms with Crippen molar-refractivity contribution in [2.75, 3.05) is 13.2 Å². The molecule has 6 nitrogen and oxygen atoms in total. The van der Waals surface area contributed by atoms with Crippen LogP contribution in [0.3, 0.4) is 0 Å². The Morgan fingerprint density at radius 3 is 2.67 bits per heavy atom. The van der Waals surface area contributed by atoms with Crippen LogP contribution < -0.4 is 15.7 Å². The van der Waals surface area contributed by atoms with Crippen LogP contribution in [0.2, 0.25) is 0 Å². The zero-order chi connectivity index (χ0) is 19.4. The Balaban J connectivity index is 1.66. The van der Waals surface area contributed by atoms with Crippen molar-refractivity contribution < 1.29 is 19.1 Å². The van der Waals surface area contributed by atoms with E-state index in [4.69, 9.17) is 9.15 Å². The summed E-state index contributed by atoms with van der Waals surface area (Å²) < 4.78 is 10.9. The molecular formula is C21H21NO5. The number of amides is 1. The zero-order valence-corrected chi connectivity index (χ0v) is 15.2. The molecule has 1 aromatic heterocycles. The van der Waals surface area contributed by atoms with E-state index in [2.05, 4.69) is 5.32 Å². The number of nitrogens with one attached hydrogen (secondary N) is 1. The predicted octanol–water partition coefficient (Wildman–Crippen LogP) is 2.64. The standard InChI is InChI=1S/C21H21NO5/c1-13-8-17(21-14(2)10-20(25)27-18(21)9-13)26-12-19(24)22-11-16(23)15-6-4-3-5-7-15/h3-10,16,23H,11-12H2,1-2H3,(H,22,24)/t16-/m0/s1. The van der Waals surface area contributed by atoms with Crippen LogP contribution in [-0.2, 0) is 4.79 Å². The fourth-order valence-corrected chi connectivity index (χ4v) is 2.89. The number of fused-ring (bicyclic) bond motifs is 1. The maximum absolute atomic E-state index is 12.1. The summed E-state index contributed by atoms with van der Waals surface area (Å²) >= 11 is 0. The van der Waals surface area contributed by atoms with E-state index < -0.39 is 11.7 Å². The number of rotatable bonds is 6. The van der Waals surface area contributed by atoms with Crippen LogP contribution in [0, 0.1) is 13.8 Å². The fraction of sp³-hybridized carbons (Fsp3) is 0.238. The molecule has 0 aliphatic carbocycles. The smallest absolute Gasteiger partial charge is 0.336 e. The van der Waals surface area contributed by atoms with Crippen LogP contribution in [0.5, 0.6) is 5.75 Å². The molecule has 0 fully saturated rings. The van der Waals surface area contributed by atoms with Crippen molar-refractivity contribution in [3.05, 3.63) is 75.6 Å². The first-order chi connectivity index (χ1) is 12.9. The van der Waals surface area contributed by atoms with E-state index in [1.807, 2.05) is 25.1 Å². The molecule has 0 saturated heterocycles. The Labute approximate surface area is 156 Å². The molecule has 0 unspecified atom stereocenters. The van der Waals surface area contributed by atoms with Gasteiger partial charge in [-0.05, 0) is 42.7 Å². The van der Waals surface area contributed by atoms with Crippen LogP contribution in [0.25, 0.3) is 11.0 Å². The maximum atomic E-state index is 12.1.